The third kappa shape index (κ3) is 2.63. The highest BCUT2D eigenvalue weighted by molar-refractivity contribution is 5.30. The summed E-state index contributed by atoms with van der Waals surface area (Å²) in [5, 5.41) is 7.59. The molecule has 0 radical (unpaired) electrons. The largest absolute Gasteiger partial charge is 0.346 e. The number of aromatic nitrogens is 3. The van der Waals surface area contributed by atoms with E-state index in [1.54, 1.807) is 0 Å². The predicted molar refractivity (Wildman–Crippen MR) is 76.6 cm³/mol. The summed E-state index contributed by atoms with van der Waals surface area (Å²) in [6.07, 6.45) is 8.93. The van der Waals surface area contributed by atoms with E-state index in [-0.39, 0.29) is 0 Å². The lowest BCUT2D eigenvalue weighted by Gasteiger charge is -2.22. The van der Waals surface area contributed by atoms with Crippen LogP contribution in [-0.2, 0) is 19.4 Å². The van der Waals surface area contributed by atoms with E-state index in [4.69, 9.17) is 4.52 Å². The van der Waals surface area contributed by atoms with E-state index in [0.29, 0.717) is 18.5 Å². The normalized spacial score (nSPS) is 18.2. The van der Waals surface area contributed by atoms with Crippen molar-refractivity contribution in [2.75, 3.05) is 6.54 Å². The molecule has 20 heavy (non-hydrogen) atoms. The first kappa shape index (κ1) is 13.4. The molecule has 1 atom stereocenters. The second-order valence-corrected chi connectivity index (χ2v) is 5.37. The van der Waals surface area contributed by atoms with E-state index in [0.717, 1.165) is 18.8 Å². The van der Waals surface area contributed by atoms with Crippen LogP contribution < -0.4 is 5.32 Å². The molecule has 0 fully saturated rings. The van der Waals surface area contributed by atoms with E-state index >= 15 is 0 Å². The van der Waals surface area contributed by atoms with Gasteiger partial charge in [-0.1, -0.05) is 19.0 Å². The average molecular weight is 274 g/mol. The molecule has 2 aromatic rings. The van der Waals surface area contributed by atoms with Crippen LogP contribution in [-0.4, -0.2) is 21.3 Å². The lowest BCUT2D eigenvalue weighted by atomic mass is 9.91. The molecule has 0 spiro atoms. The fourth-order valence-electron chi connectivity index (χ4n) is 2.96. The average Bonchev–Trinajstić information content (AvgIpc) is 3.06. The standard InChI is InChI=1S/C15H22N4O/c1-3-15-17-14(18-20-15)10-19-8-11-6-5-7-13(16-4-2)12(11)9-19/h8-9,13,16H,3-7,10H2,1-2H3. The van der Waals surface area contributed by atoms with Gasteiger partial charge in [0.1, 0.15) is 0 Å². The van der Waals surface area contributed by atoms with Crippen LogP contribution in [0, 0.1) is 0 Å². The van der Waals surface area contributed by atoms with Gasteiger partial charge in [-0.05, 0) is 36.9 Å². The molecule has 0 saturated heterocycles. The van der Waals surface area contributed by atoms with Crippen LogP contribution in [0.25, 0.3) is 0 Å². The second kappa shape index (κ2) is 5.79. The van der Waals surface area contributed by atoms with Gasteiger partial charge in [-0.15, -0.1) is 0 Å². The fraction of sp³-hybridized carbons (Fsp3) is 0.600. The van der Waals surface area contributed by atoms with Gasteiger partial charge in [0, 0.05) is 24.9 Å². The Morgan fingerprint density at radius 3 is 3.05 bits per heavy atom. The monoisotopic (exact) mass is 274 g/mol. The maximum Gasteiger partial charge on any atom is 0.226 e. The minimum absolute atomic E-state index is 0.501. The molecule has 0 saturated carbocycles. The van der Waals surface area contributed by atoms with Crippen molar-refractivity contribution in [3.63, 3.8) is 0 Å². The zero-order chi connectivity index (χ0) is 13.9. The first-order chi connectivity index (χ1) is 9.80. The Bertz CT molecular complexity index is 572. The third-order valence-corrected chi connectivity index (χ3v) is 3.90. The van der Waals surface area contributed by atoms with Crippen LogP contribution in [0.15, 0.2) is 16.9 Å². The number of aryl methyl sites for hydroxylation is 2. The Balaban J connectivity index is 1.78. The van der Waals surface area contributed by atoms with Crippen LogP contribution in [0.3, 0.4) is 0 Å². The molecular formula is C15H22N4O. The van der Waals surface area contributed by atoms with Crippen LogP contribution in [0.5, 0.6) is 0 Å². The van der Waals surface area contributed by atoms with Crippen LogP contribution in [0.4, 0.5) is 0 Å². The highest BCUT2D eigenvalue weighted by atomic mass is 16.5. The molecule has 3 rings (SSSR count). The quantitative estimate of drug-likeness (QED) is 0.910. The Morgan fingerprint density at radius 2 is 2.30 bits per heavy atom. The van der Waals surface area contributed by atoms with Crippen LogP contribution >= 0.6 is 0 Å². The van der Waals surface area contributed by atoms with Gasteiger partial charge in [0.2, 0.25) is 5.89 Å². The highest BCUT2D eigenvalue weighted by Gasteiger charge is 2.21. The Morgan fingerprint density at radius 1 is 1.40 bits per heavy atom. The SMILES string of the molecule is CCNC1CCCc2cn(Cc3noc(CC)n3)cc21. The van der Waals surface area contributed by atoms with Gasteiger partial charge in [-0.2, -0.15) is 4.98 Å². The summed E-state index contributed by atoms with van der Waals surface area (Å²) in [5.74, 6) is 1.47. The maximum absolute atomic E-state index is 5.16. The molecule has 5 heteroatoms. The Hall–Kier alpha value is -1.62. The lowest BCUT2D eigenvalue weighted by molar-refractivity contribution is 0.375. The summed E-state index contributed by atoms with van der Waals surface area (Å²) in [5.41, 5.74) is 2.90. The molecule has 5 nitrogen and oxygen atoms in total. The molecule has 0 bridgehead atoms. The molecule has 1 N–H and O–H groups in total. The third-order valence-electron chi connectivity index (χ3n) is 3.90. The van der Waals surface area contributed by atoms with Gasteiger partial charge in [-0.3, -0.25) is 0 Å². The zero-order valence-electron chi connectivity index (χ0n) is 12.2. The van der Waals surface area contributed by atoms with E-state index in [9.17, 15) is 0 Å². The first-order valence-electron chi connectivity index (χ1n) is 7.53. The molecule has 0 amide bonds. The Kier molecular flexibility index (Phi) is 3.87. The van der Waals surface area contributed by atoms with E-state index in [1.165, 1.54) is 30.4 Å². The van der Waals surface area contributed by atoms with Gasteiger partial charge < -0.3 is 14.4 Å². The van der Waals surface area contributed by atoms with Crippen molar-refractivity contribution < 1.29 is 4.52 Å². The minimum Gasteiger partial charge on any atom is -0.346 e. The predicted octanol–water partition coefficient (Wildman–Crippen LogP) is 2.47. The number of hydrogen-bond donors (Lipinski definition) is 1. The van der Waals surface area contributed by atoms with Crippen molar-refractivity contribution in [3.8, 4) is 0 Å². The Labute approximate surface area is 119 Å². The van der Waals surface area contributed by atoms with Gasteiger partial charge in [0.25, 0.3) is 0 Å². The molecule has 1 aliphatic carbocycles. The number of nitrogens with one attached hydrogen (secondary N) is 1. The minimum atomic E-state index is 0.501. The lowest BCUT2D eigenvalue weighted by Crippen LogP contribution is -2.23. The molecule has 2 aromatic heterocycles. The fourth-order valence-corrected chi connectivity index (χ4v) is 2.96. The van der Waals surface area contributed by atoms with Crippen LogP contribution in [0.2, 0.25) is 0 Å². The van der Waals surface area contributed by atoms with E-state index in [1.807, 2.05) is 6.92 Å². The van der Waals surface area contributed by atoms with E-state index < -0.39 is 0 Å². The highest BCUT2D eigenvalue weighted by Crippen LogP contribution is 2.30. The topological polar surface area (TPSA) is 55.9 Å². The zero-order valence-corrected chi connectivity index (χ0v) is 12.2. The summed E-state index contributed by atoms with van der Waals surface area (Å²) >= 11 is 0. The van der Waals surface area contributed by atoms with E-state index in [2.05, 4.69) is 39.3 Å². The van der Waals surface area contributed by atoms with Gasteiger partial charge in [-0.25, -0.2) is 0 Å². The maximum atomic E-state index is 5.16. The molecule has 108 valence electrons. The number of fused-ring (bicyclic) bond motifs is 1. The van der Waals surface area contributed by atoms with Gasteiger partial charge in [0.05, 0.1) is 6.54 Å². The molecule has 2 heterocycles. The second-order valence-electron chi connectivity index (χ2n) is 5.37. The molecule has 0 aromatic carbocycles. The van der Waals surface area contributed by atoms with Crippen molar-refractivity contribution in [3.05, 3.63) is 35.2 Å². The number of nitrogens with zero attached hydrogens (tertiary/aromatic N) is 3. The molecule has 1 unspecified atom stereocenters. The van der Waals surface area contributed by atoms with Crippen molar-refractivity contribution >= 4 is 0 Å². The summed E-state index contributed by atoms with van der Waals surface area (Å²) < 4.78 is 7.35. The van der Waals surface area contributed by atoms with Crippen molar-refractivity contribution in [1.82, 2.24) is 20.0 Å². The first-order valence-corrected chi connectivity index (χ1v) is 7.53. The smallest absolute Gasteiger partial charge is 0.226 e. The number of hydrogen-bond acceptors (Lipinski definition) is 4. The molecule has 1 aliphatic rings. The summed E-state index contributed by atoms with van der Waals surface area (Å²) in [6.45, 7) is 5.89. The summed E-state index contributed by atoms with van der Waals surface area (Å²) in [4.78, 5) is 4.37. The molecule has 0 aliphatic heterocycles. The summed E-state index contributed by atoms with van der Waals surface area (Å²) in [7, 11) is 0. The van der Waals surface area contributed by atoms with Crippen molar-refractivity contribution in [1.29, 1.82) is 0 Å². The van der Waals surface area contributed by atoms with Gasteiger partial charge in [0.15, 0.2) is 5.82 Å². The molecular weight excluding hydrogens is 252 g/mol. The van der Waals surface area contributed by atoms with Crippen molar-refractivity contribution in [2.24, 2.45) is 0 Å². The van der Waals surface area contributed by atoms with Gasteiger partial charge >= 0.3 is 0 Å². The summed E-state index contributed by atoms with van der Waals surface area (Å²) in [6, 6.07) is 0.501. The van der Waals surface area contributed by atoms with Crippen molar-refractivity contribution in [2.45, 2.75) is 52.1 Å². The van der Waals surface area contributed by atoms with Crippen LogP contribution in [0.1, 0.15) is 55.6 Å². The number of rotatable bonds is 5.